The molecule has 2 unspecified atom stereocenters. The lowest BCUT2D eigenvalue weighted by Crippen LogP contribution is -2.46. The molecule has 1 saturated heterocycles. The molecule has 0 aromatic heterocycles. The molecular weight excluding hydrogens is 345 g/mol. The van der Waals surface area contributed by atoms with Crippen molar-refractivity contribution in [2.75, 3.05) is 19.6 Å². The van der Waals surface area contributed by atoms with E-state index in [2.05, 4.69) is 32.6 Å². The van der Waals surface area contributed by atoms with Gasteiger partial charge >= 0.3 is 0 Å². The maximum absolute atomic E-state index is 6.30. The van der Waals surface area contributed by atoms with Gasteiger partial charge in [-0.2, -0.15) is 0 Å². The Kier molecular flexibility index (Phi) is 6.99. The Morgan fingerprint density at radius 3 is 2.30 bits per heavy atom. The van der Waals surface area contributed by atoms with E-state index in [1.807, 2.05) is 18.2 Å². The number of benzene rings is 1. The number of morpholine rings is 1. The Bertz CT molecular complexity index is 493. The summed E-state index contributed by atoms with van der Waals surface area (Å²) in [6.45, 7) is 12.4. The predicted octanol–water partition coefficient (Wildman–Crippen LogP) is 4.36. The molecule has 5 heteroatoms. The number of hydrogen-bond donors (Lipinski definition) is 0. The van der Waals surface area contributed by atoms with Gasteiger partial charge in [-0.15, -0.1) is 0 Å². The van der Waals surface area contributed by atoms with Crippen LogP contribution in [0.15, 0.2) is 18.2 Å². The van der Waals surface area contributed by atoms with Crippen molar-refractivity contribution in [1.82, 2.24) is 4.90 Å². The lowest BCUT2D eigenvalue weighted by atomic mass is 10.1. The molecule has 23 heavy (non-hydrogen) atoms. The standard InChI is InChI=1S/C18H29Cl2NOSi/c1-13-10-21(11-14(2)22-13)9-8-18(3,4)23-12-15-16(19)6-5-7-17(15)20/h5-7,13-14H,8-12,23H2,1-4H3. The van der Waals surface area contributed by atoms with Gasteiger partial charge in [-0.25, -0.2) is 0 Å². The second kappa shape index (κ2) is 8.35. The van der Waals surface area contributed by atoms with E-state index in [9.17, 15) is 0 Å². The molecule has 0 saturated carbocycles. The monoisotopic (exact) mass is 373 g/mol. The lowest BCUT2D eigenvalue weighted by molar-refractivity contribution is -0.0685. The molecule has 0 bridgehead atoms. The summed E-state index contributed by atoms with van der Waals surface area (Å²) >= 11 is 12.6. The van der Waals surface area contributed by atoms with Crippen LogP contribution in [0.5, 0.6) is 0 Å². The third kappa shape index (κ3) is 6.06. The van der Waals surface area contributed by atoms with Gasteiger partial charge in [0.05, 0.1) is 12.2 Å². The van der Waals surface area contributed by atoms with Crippen molar-refractivity contribution < 1.29 is 4.74 Å². The van der Waals surface area contributed by atoms with E-state index < -0.39 is 0 Å². The van der Waals surface area contributed by atoms with E-state index in [-0.39, 0.29) is 9.52 Å². The minimum atomic E-state index is -0.301. The van der Waals surface area contributed by atoms with Crippen molar-refractivity contribution in [3.05, 3.63) is 33.8 Å². The molecule has 0 spiro atoms. The Morgan fingerprint density at radius 2 is 1.74 bits per heavy atom. The highest BCUT2D eigenvalue weighted by atomic mass is 35.5. The summed E-state index contributed by atoms with van der Waals surface area (Å²) in [5.41, 5.74) is 1.14. The average Bonchev–Trinajstić information content (AvgIpc) is 2.44. The molecule has 0 N–H and O–H groups in total. The van der Waals surface area contributed by atoms with Gasteiger partial charge in [-0.1, -0.05) is 43.1 Å². The zero-order valence-corrected chi connectivity index (χ0v) is 17.7. The van der Waals surface area contributed by atoms with Crippen LogP contribution in [0.2, 0.25) is 15.1 Å². The highest BCUT2D eigenvalue weighted by molar-refractivity contribution is 6.42. The summed E-state index contributed by atoms with van der Waals surface area (Å²) in [4.78, 5) is 2.55. The van der Waals surface area contributed by atoms with Crippen LogP contribution in [-0.2, 0) is 10.8 Å². The van der Waals surface area contributed by atoms with Crippen LogP contribution in [0.4, 0.5) is 0 Å². The quantitative estimate of drug-likeness (QED) is 0.686. The molecule has 0 amide bonds. The lowest BCUT2D eigenvalue weighted by Gasteiger charge is -2.37. The summed E-state index contributed by atoms with van der Waals surface area (Å²) < 4.78 is 5.82. The molecule has 1 aromatic rings. The molecule has 0 aliphatic carbocycles. The molecule has 130 valence electrons. The van der Waals surface area contributed by atoms with Crippen molar-refractivity contribution in [1.29, 1.82) is 0 Å². The van der Waals surface area contributed by atoms with Crippen molar-refractivity contribution >= 4 is 32.7 Å². The number of hydrogen-bond acceptors (Lipinski definition) is 2. The Balaban J connectivity index is 1.84. The van der Waals surface area contributed by atoms with Gasteiger partial charge in [0.1, 0.15) is 0 Å². The van der Waals surface area contributed by atoms with Crippen LogP contribution in [0.1, 0.15) is 39.7 Å². The Labute approximate surface area is 153 Å². The van der Waals surface area contributed by atoms with Gasteiger partial charge in [0.25, 0.3) is 0 Å². The van der Waals surface area contributed by atoms with Gasteiger partial charge in [-0.3, -0.25) is 4.90 Å². The third-order valence-electron chi connectivity index (χ3n) is 4.71. The van der Waals surface area contributed by atoms with Crippen LogP contribution >= 0.6 is 23.2 Å². The number of halogens is 2. The molecule has 1 aliphatic heterocycles. The second-order valence-electron chi connectivity index (χ2n) is 7.63. The average molecular weight is 374 g/mol. The summed E-state index contributed by atoms with van der Waals surface area (Å²) in [5, 5.41) is 2.04. The van der Waals surface area contributed by atoms with E-state index in [1.54, 1.807) is 0 Å². The minimum Gasteiger partial charge on any atom is -0.373 e. The second-order valence-corrected chi connectivity index (χ2v) is 11.4. The van der Waals surface area contributed by atoms with Crippen LogP contribution in [0.3, 0.4) is 0 Å². The van der Waals surface area contributed by atoms with Gasteiger partial charge in [0.2, 0.25) is 0 Å². The van der Waals surface area contributed by atoms with E-state index in [0.29, 0.717) is 17.2 Å². The normalized spacial score (nSPS) is 23.7. The van der Waals surface area contributed by atoms with E-state index in [0.717, 1.165) is 41.3 Å². The van der Waals surface area contributed by atoms with E-state index >= 15 is 0 Å². The van der Waals surface area contributed by atoms with Crippen molar-refractivity contribution in [2.24, 2.45) is 0 Å². The predicted molar refractivity (Wildman–Crippen MR) is 104 cm³/mol. The van der Waals surface area contributed by atoms with Gasteiger partial charge in [0, 0.05) is 32.7 Å². The fourth-order valence-electron chi connectivity index (χ4n) is 3.29. The highest BCUT2D eigenvalue weighted by Crippen LogP contribution is 2.32. The van der Waals surface area contributed by atoms with Crippen molar-refractivity contribution in [2.45, 2.75) is 57.4 Å². The molecule has 1 heterocycles. The number of rotatable bonds is 6. The van der Waals surface area contributed by atoms with Gasteiger partial charge < -0.3 is 4.74 Å². The van der Waals surface area contributed by atoms with Crippen molar-refractivity contribution in [3.63, 3.8) is 0 Å². The van der Waals surface area contributed by atoms with Gasteiger partial charge in [0.15, 0.2) is 0 Å². The molecule has 0 radical (unpaired) electrons. The first-order valence-electron chi connectivity index (χ1n) is 8.57. The largest absolute Gasteiger partial charge is 0.373 e. The molecule has 1 aliphatic rings. The maximum Gasteiger partial charge on any atom is 0.0678 e. The number of nitrogens with zero attached hydrogens (tertiary/aromatic N) is 1. The smallest absolute Gasteiger partial charge is 0.0678 e. The summed E-state index contributed by atoms with van der Waals surface area (Å²) in [6, 6.07) is 6.88. The molecule has 2 atom stereocenters. The minimum absolute atomic E-state index is 0.301. The van der Waals surface area contributed by atoms with E-state index in [1.165, 1.54) is 6.42 Å². The van der Waals surface area contributed by atoms with Crippen LogP contribution in [-0.4, -0.2) is 46.3 Å². The molecule has 2 rings (SSSR count). The van der Waals surface area contributed by atoms with Crippen molar-refractivity contribution in [3.8, 4) is 0 Å². The third-order valence-corrected chi connectivity index (χ3v) is 7.88. The summed E-state index contributed by atoms with van der Waals surface area (Å²) in [5.74, 6) is 0. The molecule has 1 aromatic carbocycles. The SMILES string of the molecule is CC1CN(CCC(C)(C)[SiH2]Cc2c(Cl)cccc2Cl)CC(C)O1. The summed E-state index contributed by atoms with van der Waals surface area (Å²) in [6.07, 6.45) is 1.93. The first-order valence-corrected chi connectivity index (χ1v) is 11.0. The van der Waals surface area contributed by atoms with Crippen LogP contribution < -0.4 is 0 Å². The summed E-state index contributed by atoms with van der Waals surface area (Å²) in [7, 11) is -0.301. The Hall–Kier alpha value is -0.0631. The first-order chi connectivity index (χ1) is 10.8. The van der Waals surface area contributed by atoms with E-state index in [4.69, 9.17) is 27.9 Å². The topological polar surface area (TPSA) is 12.5 Å². The van der Waals surface area contributed by atoms with Gasteiger partial charge in [-0.05, 0) is 55.6 Å². The fourth-order valence-corrected chi connectivity index (χ4v) is 6.06. The first kappa shape index (κ1) is 19.3. The number of ether oxygens (including phenoxy) is 1. The zero-order valence-electron chi connectivity index (χ0n) is 14.7. The van der Waals surface area contributed by atoms with Crippen LogP contribution in [0, 0.1) is 0 Å². The molecular formula is C18H29Cl2NOSi. The zero-order chi connectivity index (χ0) is 17.0. The Morgan fingerprint density at radius 1 is 1.17 bits per heavy atom. The highest BCUT2D eigenvalue weighted by Gasteiger charge is 2.25. The maximum atomic E-state index is 6.30. The fraction of sp³-hybridized carbons (Fsp3) is 0.667. The van der Waals surface area contributed by atoms with Crippen LogP contribution in [0.25, 0.3) is 0 Å². The molecule has 1 fully saturated rings. The molecule has 2 nitrogen and oxygen atoms in total.